The van der Waals surface area contributed by atoms with Crippen LogP contribution in [0.15, 0.2) is 54.7 Å². The minimum absolute atomic E-state index is 0.00260. The SMILES string of the molecule is C=CC1=CC([C@@]2(C)CC[C@@H]3c4ccc(OC)cc4CC[C@H]3[C@@H]2/C=C/COC(C)=O)OC1. The van der Waals surface area contributed by atoms with Crippen LogP contribution >= 0.6 is 0 Å². The van der Waals surface area contributed by atoms with Crippen molar-refractivity contribution in [3.8, 4) is 5.75 Å². The number of carbonyl (C=O) groups excluding carboxylic acids is 1. The molecule has 1 aromatic carbocycles. The van der Waals surface area contributed by atoms with E-state index in [1.807, 2.05) is 12.2 Å². The maximum absolute atomic E-state index is 11.2. The molecule has 4 nitrogen and oxygen atoms in total. The molecule has 5 atom stereocenters. The van der Waals surface area contributed by atoms with Crippen molar-refractivity contribution in [2.24, 2.45) is 17.3 Å². The number of esters is 1. The smallest absolute Gasteiger partial charge is 0.302 e. The number of carbonyl (C=O) groups is 1. The van der Waals surface area contributed by atoms with Gasteiger partial charge in [-0.2, -0.15) is 0 Å². The molecule has 0 aromatic heterocycles. The first kappa shape index (κ1) is 21.9. The molecule has 1 aromatic rings. The highest BCUT2D eigenvalue weighted by atomic mass is 16.5. The van der Waals surface area contributed by atoms with Gasteiger partial charge in [0.25, 0.3) is 0 Å². The van der Waals surface area contributed by atoms with Crippen molar-refractivity contribution >= 4 is 5.97 Å². The molecule has 31 heavy (non-hydrogen) atoms. The molecule has 0 radical (unpaired) electrons. The normalized spacial score (nSPS) is 32.2. The minimum atomic E-state index is -0.243. The van der Waals surface area contributed by atoms with Crippen LogP contribution in [-0.4, -0.2) is 32.4 Å². The van der Waals surface area contributed by atoms with Crippen LogP contribution < -0.4 is 4.74 Å². The van der Waals surface area contributed by atoms with Crippen LogP contribution in [0.25, 0.3) is 0 Å². The first-order chi connectivity index (χ1) is 15.0. The van der Waals surface area contributed by atoms with Gasteiger partial charge < -0.3 is 14.2 Å². The van der Waals surface area contributed by atoms with Gasteiger partial charge in [0.2, 0.25) is 0 Å². The molecule has 1 saturated carbocycles. The quantitative estimate of drug-likeness (QED) is 0.456. The van der Waals surface area contributed by atoms with Crippen molar-refractivity contribution in [1.29, 1.82) is 0 Å². The maximum Gasteiger partial charge on any atom is 0.302 e. The average Bonchev–Trinajstić information content (AvgIpc) is 3.27. The van der Waals surface area contributed by atoms with Crippen molar-refractivity contribution in [2.45, 2.75) is 51.6 Å². The molecule has 0 amide bonds. The zero-order chi connectivity index (χ0) is 22.0. The highest BCUT2D eigenvalue weighted by molar-refractivity contribution is 5.66. The Hall–Kier alpha value is -2.33. The Morgan fingerprint density at radius 1 is 1.35 bits per heavy atom. The third kappa shape index (κ3) is 4.23. The molecule has 1 heterocycles. The van der Waals surface area contributed by atoms with Crippen LogP contribution in [0.1, 0.15) is 50.2 Å². The summed E-state index contributed by atoms with van der Waals surface area (Å²) in [6.07, 6.45) is 13.1. The lowest BCUT2D eigenvalue weighted by Gasteiger charge is -2.52. The molecular formula is C27H34O4. The van der Waals surface area contributed by atoms with E-state index in [9.17, 15) is 4.79 Å². The molecule has 0 N–H and O–H groups in total. The van der Waals surface area contributed by atoms with E-state index >= 15 is 0 Å². The van der Waals surface area contributed by atoms with Crippen LogP contribution in [0.5, 0.6) is 5.75 Å². The van der Waals surface area contributed by atoms with Gasteiger partial charge in [0, 0.05) is 12.3 Å². The Labute approximate surface area is 186 Å². The highest BCUT2D eigenvalue weighted by Crippen LogP contribution is 2.57. The van der Waals surface area contributed by atoms with Gasteiger partial charge in [-0.05, 0) is 78.3 Å². The first-order valence-corrected chi connectivity index (χ1v) is 11.4. The number of methoxy groups -OCH3 is 1. The predicted molar refractivity (Wildman–Crippen MR) is 122 cm³/mol. The molecule has 0 saturated heterocycles. The number of ether oxygens (including phenoxy) is 3. The van der Waals surface area contributed by atoms with Gasteiger partial charge in [-0.15, -0.1) is 0 Å². The molecule has 4 rings (SSSR count). The monoisotopic (exact) mass is 422 g/mol. The standard InChI is InChI=1S/C27H34O4/c1-5-19-15-26(31-17-19)27(3)13-12-23-22-11-9-21(29-4)16-20(22)8-10-24(23)25(27)7-6-14-30-18(2)28/h5-7,9,11,15-16,23-26H,1,8,10,12-14,17H2,2-4H3/b7-6+/t23-,24-,25+,26?,27+/m1/s1. The largest absolute Gasteiger partial charge is 0.497 e. The number of benzene rings is 1. The Balaban J connectivity index is 1.65. The lowest BCUT2D eigenvalue weighted by atomic mass is 9.53. The zero-order valence-electron chi connectivity index (χ0n) is 18.9. The van der Waals surface area contributed by atoms with Crippen LogP contribution in [-0.2, 0) is 20.7 Å². The van der Waals surface area contributed by atoms with E-state index < -0.39 is 0 Å². The van der Waals surface area contributed by atoms with E-state index in [1.54, 1.807) is 7.11 Å². The molecule has 0 spiro atoms. The second-order valence-corrected chi connectivity index (χ2v) is 9.35. The van der Waals surface area contributed by atoms with Crippen molar-refractivity contribution in [2.75, 3.05) is 20.3 Å². The number of hydrogen-bond acceptors (Lipinski definition) is 4. The molecule has 3 aliphatic rings. The van der Waals surface area contributed by atoms with Crippen molar-refractivity contribution in [3.05, 3.63) is 65.8 Å². The van der Waals surface area contributed by atoms with Crippen LogP contribution in [0.3, 0.4) is 0 Å². The molecule has 1 unspecified atom stereocenters. The van der Waals surface area contributed by atoms with Gasteiger partial charge in [-0.1, -0.05) is 37.8 Å². The Bertz CT molecular complexity index is 898. The summed E-state index contributed by atoms with van der Waals surface area (Å²) in [5, 5.41) is 0. The number of fused-ring (bicyclic) bond motifs is 3. The van der Waals surface area contributed by atoms with E-state index in [1.165, 1.54) is 23.6 Å². The molecule has 166 valence electrons. The number of rotatable bonds is 6. The van der Waals surface area contributed by atoms with Crippen LogP contribution in [0.4, 0.5) is 0 Å². The molecular weight excluding hydrogens is 388 g/mol. The molecule has 2 aliphatic carbocycles. The van der Waals surface area contributed by atoms with E-state index in [0.29, 0.717) is 31.0 Å². The lowest BCUT2D eigenvalue weighted by molar-refractivity contribution is -0.139. The highest BCUT2D eigenvalue weighted by Gasteiger charge is 2.51. The van der Waals surface area contributed by atoms with Gasteiger partial charge in [0.15, 0.2) is 0 Å². The third-order valence-electron chi connectivity index (χ3n) is 7.66. The van der Waals surface area contributed by atoms with Crippen LogP contribution in [0, 0.1) is 17.3 Å². The maximum atomic E-state index is 11.2. The number of hydrogen-bond donors (Lipinski definition) is 0. The lowest BCUT2D eigenvalue weighted by Crippen LogP contribution is -2.47. The van der Waals surface area contributed by atoms with Crippen molar-refractivity contribution in [1.82, 2.24) is 0 Å². The Morgan fingerprint density at radius 2 is 2.19 bits per heavy atom. The predicted octanol–water partition coefficient (Wildman–Crippen LogP) is 5.39. The Morgan fingerprint density at radius 3 is 2.90 bits per heavy atom. The fraction of sp³-hybridized carbons (Fsp3) is 0.519. The van der Waals surface area contributed by atoms with E-state index in [4.69, 9.17) is 14.2 Å². The zero-order valence-corrected chi connectivity index (χ0v) is 18.9. The Kier molecular flexibility index (Phi) is 6.38. The van der Waals surface area contributed by atoms with Crippen molar-refractivity contribution in [3.63, 3.8) is 0 Å². The van der Waals surface area contributed by atoms with Gasteiger partial charge >= 0.3 is 5.97 Å². The molecule has 4 heteroatoms. The van der Waals surface area contributed by atoms with E-state index in [0.717, 1.165) is 31.4 Å². The molecule has 1 fully saturated rings. The van der Waals surface area contributed by atoms with Crippen molar-refractivity contribution < 1.29 is 19.0 Å². The topological polar surface area (TPSA) is 44.8 Å². The summed E-state index contributed by atoms with van der Waals surface area (Å²) < 4.78 is 16.9. The van der Waals surface area contributed by atoms with Gasteiger partial charge in [0.05, 0.1) is 19.8 Å². The van der Waals surface area contributed by atoms with Gasteiger partial charge in [-0.3, -0.25) is 4.79 Å². The average molecular weight is 423 g/mol. The summed E-state index contributed by atoms with van der Waals surface area (Å²) in [6.45, 7) is 8.72. The fourth-order valence-corrected chi connectivity index (χ4v) is 6.01. The molecule has 1 aliphatic heterocycles. The van der Waals surface area contributed by atoms with E-state index in [-0.39, 0.29) is 17.5 Å². The second-order valence-electron chi connectivity index (χ2n) is 9.35. The summed E-state index contributed by atoms with van der Waals surface area (Å²) in [7, 11) is 1.73. The summed E-state index contributed by atoms with van der Waals surface area (Å²) in [5.41, 5.74) is 4.09. The first-order valence-electron chi connectivity index (χ1n) is 11.4. The number of allylic oxidation sites excluding steroid dienone is 1. The third-order valence-corrected chi connectivity index (χ3v) is 7.66. The fourth-order valence-electron chi connectivity index (χ4n) is 6.01. The minimum Gasteiger partial charge on any atom is -0.497 e. The summed E-state index contributed by atoms with van der Waals surface area (Å²) in [4.78, 5) is 11.2. The molecule has 0 bridgehead atoms. The van der Waals surface area contributed by atoms with E-state index in [2.05, 4.69) is 43.9 Å². The number of aryl methyl sites for hydroxylation is 1. The van der Waals surface area contributed by atoms with Gasteiger partial charge in [0.1, 0.15) is 12.4 Å². The van der Waals surface area contributed by atoms with Gasteiger partial charge in [-0.25, -0.2) is 0 Å². The summed E-state index contributed by atoms with van der Waals surface area (Å²) in [6, 6.07) is 6.58. The van der Waals surface area contributed by atoms with Crippen LogP contribution in [0.2, 0.25) is 0 Å². The summed E-state index contributed by atoms with van der Waals surface area (Å²) >= 11 is 0. The second kappa shape index (κ2) is 9.04. The summed E-state index contributed by atoms with van der Waals surface area (Å²) in [5.74, 6) is 2.13.